The van der Waals surface area contributed by atoms with Crippen molar-refractivity contribution in [1.29, 1.82) is 0 Å². The van der Waals surface area contributed by atoms with Crippen molar-refractivity contribution >= 4 is 11.6 Å². The van der Waals surface area contributed by atoms with Gasteiger partial charge in [0.1, 0.15) is 12.0 Å². The molecule has 140 valence electrons. The van der Waals surface area contributed by atoms with Crippen LogP contribution in [0.2, 0.25) is 5.02 Å². The second kappa shape index (κ2) is 8.96. The maximum atomic E-state index is 13.8. The number of rotatable bonds is 7. The summed E-state index contributed by atoms with van der Waals surface area (Å²) in [7, 11) is 0. The molecule has 1 aliphatic heterocycles. The smallest absolute Gasteiger partial charge is 0.126 e. The van der Waals surface area contributed by atoms with E-state index >= 15 is 0 Å². The van der Waals surface area contributed by atoms with Gasteiger partial charge in [-0.15, -0.1) is 0 Å². The second-order valence-electron chi connectivity index (χ2n) is 7.14. The summed E-state index contributed by atoms with van der Waals surface area (Å²) >= 11 is 5.95. The first kappa shape index (κ1) is 19.3. The van der Waals surface area contributed by atoms with E-state index in [0.717, 1.165) is 30.8 Å². The van der Waals surface area contributed by atoms with Crippen LogP contribution in [-0.4, -0.2) is 34.9 Å². The first-order valence-electron chi connectivity index (χ1n) is 9.20. The van der Waals surface area contributed by atoms with Crippen LogP contribution in [0.1, 0.15) is 30.4 Å². The molecule has 3 N–H and O–H groups in total. The topological polar surface area (TPSA) is 49.5 Å². The SMILES string of the molecule is N[C@H](Cc1ccccc1F)CC(O)N1CCCC1Cc1ccc(Cl)cc1. The summed E-state index contributed by atoms with van der Waals surface area (Å²) < 4.78 is 13.8. The second-order valence-corrected chi connectivity index (χ2v) is 7.57. The number of nitrogens with two attached hydrogens (primary N) is 1. The van der Waals surface area contributed by atoms with Crippen LogP contribution in [0.15, 0.2) is 48.5 Å². The van der Waals surface area contributed by atoms with Crippen LogP contribution in [0.4, 0.5) is 4.39 Å². The van der Waals surface area contributed by atoms with Gasteiger partial charge in [0.15, 0.2) is 0 Å². The Morgan fingerprint density at radius 2 is 1.92 bits per heavy atom. The van der Waals surface area contributed by atoms with Crippen LogP contribution in [0.3, 0.4) is 0 Å². The summed E-state index contributed by atoms with van der Waals surface area (Å²) in [4.78, 5) is 2.13. The number of hydrogen-bond acceptors (Lipinski definition) is 3. The Morgan fingerprint density at radius 1 is 1.19 bits per heavy atom. The number of hydrogen-bond donors (Lipinski definition) is 2. The lowest BCUT2D eigenvalue weighted by Crippen LogP contribution is -2.43. The van der Waals surface area contributed by atoms with Gasteiger partial charge in [-0.1, -0.05) is 41.9 Å². The zero-order valence-electron chi connectivity index (χ0n) is 14.8. The zero-order valence-corrected chi connectivity index (χ0v) is 15.6. The Labute approximate surface area is 159 Å². The lowest BCUT2D eigenvalue weighted by Gasteiger charge is -2.31. The molecule has 2 unspecified atom stereocenters. The van der Waals surface area contributed by atoms with Crippen molar-refractivity contribution in [2.45, 2.75) is 50.4 Å². The first-order chi connectivity index (χ1) is 12.5. The minimum absolute atomic E-state index is 0.237. The molecule has 0 spiro atoms. The fraction of sp³-hybridized carbons (Fsp3) is 0.429. The molecule has 1 aliphatic rings. The van der Waals surface area contributed by atoms with Crippen molar-refractivity contribution in [3.05, 3.63) is 70.5 Å². The Bertz CT molecular complexity index is 709. The van der Waals surface area contributed by atoms with E-state index in [0.29, 0.717) is 24.4 Å². The van der Waals surface area contributed by atoms with Crippen molar-refractivity contribution in [3.63, 3.8) is 0 Å². The van der Waals surface area contributed by atoms with Gasteiger partial charge >= 0.3 is 0 Å². The summed E-state index contributed by atoms with van der Waals surface area (Å²) in [6.07, 6.45) is 3.28. The molecule has 0 radical (unpaired) electrons. The fourth-order valence-electron chi connectivity index (χ4n) is 3.80. The van der Waals surface area contributed by atoms with Crippen LogP contribution in [0.5, 0.6) is 0 Å². The zero-order chi connectivity index (χ0) is 18.5. The van der Waals surface area contributed by atoms with E-state index in [1.54, 1.807) is 12.1 Å². The van der Waals surface area contributed by atoms with Gasteiger partial charge in [-0.25, -0.2) is 4.39 Å². The average Bonchev–Trinajstić information content (AvgIpc) is 3.07. The molecular weight excluding hydrogens is 351 g/mol. The van der Waals surface area contributed by atoms with E-state index < -0.39 is 6.23 Å². The van der Waals surface area contributed by atoms with E-state index in [2.05, 4.69) is 4.90 Å². The van der Waals surface area contributed by atoms with Gasteiger partial charge in [0, 0.05) is 30.1 Å². The molecule has 0 saturated carbocycles. The number of aliphatic hydroxyl groups is 1. The van der Waals surface area contributed by atoms with E-state index in [1.807, 2.05) is 30.3 Å². The standard InChI is InChI=1S/C21H26ClFN2O/c22-17-9-7-15(8-10-17)12-19-5-3-11-25(19)21(26)14-18(24)13-16-4-1-2-6-20(16)23/h1-2,4,6-10,18-19,21,26H,3,5,11-14,24H2/t18-,19?,21?/m1/s1. The number of likely N-dealkylation sites (tertiary alicyclic amines) is 1. The molecule has 1 saturated heterocycles. The Morgan fingerprint density at radius 3 is 2.65 bits per heavy atom. The predicted molar refractivity (Wildman–Crippen MR) is 104 cm³/mol. The van der Waals surface area contributed by atoms with Crippen LogP contribution in [0, 0.1) is 5.82 Å². The summed E-state index contributed by atoms with van der Waals surface area (Å²) in [5.41, 5.74) is 8.01. The molecule has 2 aromatic rings. The molecule has 3 nitrogen and oxygen atoms in total. The van der Waals surface area contributed by atoms with E-state index in [9.17, 15) is 9.50 Å². The largest absolute Gasteiger partial charge is 0.378 e. The van der Waals surface area contributed by atoms with Gasteiger partial charge in [0.25, 0.3) is 0 Å². The molecule has 3 atom stereocenters. The Balaban J connectivity index is 1.56. The third kappa shape index (κ3) is 5.04. The van der Waals surface area contributed by atoms with Crippen LogP contribution < -0.4 is 5.73 Å². The van der Waals surface area contributed by atoms with Crippen LogP contribution in [0.25, 0.3) is 0 Å². The third-order valence-corrected chi connectivity index (χ3v) is 5.40. The summed E-state index contributed by atoms with van der Waals surface area (Å²) in [5, 5.41) is 11.4. The lowest BCUT2D eigenvalue weighted by atomic mass is 10.0. The highest BCUT2D eigenvalue weighted by atomic mass is 35.5. The Kier molecular flexibility index (Phi) is 6.65. The van der Waals surface area contributed by atoms with Crippen molar-refractivity contribution < 1.29 is 9.50 Å². The predicted octanol–water partition coefficient (Wildman–Crippen LogP) is 3.76. The number of benzene rings is 2. The van der Waals surface area contributed by atoms with Crippen molar-refractivity contribution in [2.24, 2.45) is 5.73 Å². The van der Waals surface area contributed by atoms with Gasteiger partial charge in [0.05, 0.1) is 0 Å². The molecule has 0 aromatic heterocycles. The molecule has 5 heteroatoms. The van der Waals surface area contributed by atoms with Gasteiger partial charge in [-0.3, -0.25) is 4.90 Å². The van der Waals surface area contributed by atoms with E-state index in [1.165, 1.54) is 11.6 Å². The molecule has 1 heterocycles. The molecule has 26 heavy (non-hydrogen) atoms. The minimum atomic E-state index is -0.600. The number of halogens is 2. The molecule has 0 aliphatic carbocycles. The van der Waals surface area contributed by atoms with Crippen molar-refractivity contribution in [2.75, 3.05) is 6.54 Å². The fourth-order valence-corrected chi connectivity index (χ4v) is 3.92. The maximum absolute atomic E-state index is 13.8. The molecule has 0 amide bonds. The van der Waals surface area contributed by atoms with Gasteiger partial charge in [0.2, 0.25) is 0 Å². The maximum Gasteiger partial charge on any atom is 0.126 e. The van der Waals surface area contributed by atoms with Gasteiger partial charge in [-0.2, -0.15) is 0 Å². The van der Waals surface area contributed by atoms with Crippen LogP contribution >= 0.6 is 11.6 Å². The van der Waals surface area contributed by atoms with Crippen molar-refractivity contribution in [3.8, 4) is 0 Å². The minimum Gasteiger partial charge on any atom is -0.378 e. The van der Waals surface area contributed by atoms with E-state index in [4.69, 9.17) is 17.3 Å². The summed E-state index contributed by atoms with van der Waals surface area (Å²) in [6.45, 7) is 0.867. The van der Waals surface area contributed by atoms with Crippen LogP contribution in [-0.2, 0) is 12.8 Å². The number of aliphatic hydroxyl groups excluding tert-OH is 1. The normalized spacial score (nSPS) is 20.2. The monoisotopic (exact) mass is 376 g/mol. The molecule has 1 fully saturated rings. The summed E-state index contributed by atoms with van der Waals surface area (Å²) in [5.74, 6) is -0.237. The number of nitrogens with zero attached hydrogens (tertiary/aromatic N) is 1. The molecule has 0 bridgehead atoms. The summed E-state index contributed by atoms with van der Waals surface area (Å²) in [6, 6.07) is 14.6. The third-order valence-electron chi connectivity index (χ3n) is 5.14. The highest BCUT2D eigenvalue weighted by Gasteiger charge is 2.30. The highest BCUT2D eigenvalue weighted by molar-refractivity contribution is 6.30. The highest BCUT2D eigenvalue weighted by Crippen LogP contribution is 2.25. The first-order valence-corrected chi connectivity index (χ1v) is 9.58. The van der Waals surface area contributed by atoms with Crippen molar-refractivity contribution in [1.82, 2.24) is 4.90 Å². The molecular formula is C21H26ClFN2O. The average molecular weight is 377 g/mol. The molecule has 2 aromatic carbocycles. The molecule has 3 rings (SSSR count). The Hall–Kier alpha value is -1.46. The lowest BCUT2D eigenvalue weighted by molar-refractivity contribution is -0.0148. The van der Waals surface area contributed by atoms with Gasteiger partial charge < -0.3 is 10.8 Å². The van der Waals surface area contributed by atoms with E-state index in [-0.39, 0.29) is 11.9 Å². The quantitative estimate of drug-likeness (QED) is 0.773. The van der Waals surface area contributed by atoms with Gasteiger partial charge in [-0.05, 0) is 55.0 Å².